The van der Waals surface area contributed by atoms with Crippen LogP contribution in [-0.4, -0.2) is 71.9 Å². The van der Waals surface area contributed by atoms with Crippen molar-refractivity contribution >= 4 is 22.7 Å². The Morgan fingerprint density at radius 1 is 1.14 bits per heavy atom. The molecule has 0 aliphatic carbocycles. The Bertz CT molecular complexity index is 1030. The molecular formula is C26H38N6O3. The van der Waals surface area contributed by atoms with Crippen LogP contribution in [0.3, 0.4) is 0 Å². The number of carbonyl (C=O) groups is 2. The van der Waals surface area contributed by atoms with Crippen LogP contribution in [0.5, 0.6) is 0 Å². The van der Waals surface area contributed by atoms with Crippen molar-refractivity contribution in [2.24, 2.45) is 5.41 Å². The topological polar surface area (TPSA) is 112 Å². The van der Waals surface area contributed by atoms with E-state index in [2.05, 4.69) is 26.7 Å². The molecule has 1 aromatic heterocycles. The fraction of sp³-hybridized carbons (Fsp3) is 0.615. The van der Waals surface area contributed by atoms with Gasteiger partial charge in [-0.15, -0.1) is 0 Å². The summed E-state index contributed by atoms with van der Waals surface area (Å²) >= 11 is 0. The highest BCUT2D eigenvalue weighted by Gasteiger charge is 2.34. The SMILES string of the molecule is CC(C)(C)C(NC(=O)c1nn(CCCCC#N)c2ccccc12)C(=O)NCCCN1CCOCC1. The van der Waals surface area contributed by atoms with Gasteiger partial charge in [-0.2, -0.15) is 10.4 Å². The predicted molar refractivity (Wildman–Crippen MR) is 135 cm³/mol. The highest BCUT2D eigenvalue weighted by atomic mass is 16.5. The summed E-state index contributed by atoms with van der Waals surface area (Å²) in [5.74, 6) is -0.548. The lowest BCUT2D eigenvalue weighted by molar-refractivity contribution is -0.125. The average molecular weight is 483 g/mol. The summed E-state index contributed by atoms with van der Waals surface area (Å²) in [6.45, 7) is 11.3. The number of carbonyl (C=O) groups excluding carboxylic acids is 2. The van der Waals surface area contributed by atoms with E-state index in [4.69, 9.17) is 10.00 Å². The molecule has 0 radical (unpaired) electrons. The van der Waals surface area contributed by atoms with E-state index < -0.39 is 11.5 Å². The second kappa shape index (κ2) is 12.7. The molecule has 35 heavy (non-hydrogen) atoms. The third kappa shape index (κ3) is 7.51. The van der Waals surface area contributed by atoms with E-state index in [1.54, 1.807) is 0 Å². The number of benzene rings is 1. The standard InChI is InChI=1S/C26H38N6O3/c1-26(2,3)23(25(34)28-13-9-14-31-16-18-35-19-17-31)29-24(33)22-20-10-5-6-11-21(20)32(30-22)15-8-4-7-12-27/h5-6,10-11,23H,4,7-9,13-19H2,1-3H3,(H,28,34)(H,29,33). The van der Waals surface area contributed by atoms with Crippen molar-refractivity contribution in [2.45, 2.75) is 59.0 Å². The molecule has 9 heteroatoms. The van der Waals surface area contributed by atoms with Gasteiger partial charge in [-0.1, -0.05) is 39.0 Å². The summed E-state index contributed by atoms with van der Waals surface area (Å²) in [7, 11) is 0. The summed E-state index contributed by atoms with van der Waals surface area (Å²) in [6, 6.07) is 9.07. The Morgan fingerprint density at radius 3 is 2.60 bits per heavy atom. The first-order valence-electron chi connectivity index (χ1n) is 12.5. The number of rotatable bonds is 11. The molecule has 1 fully saturated rings. The second-order valence-corrected chi connectivity index (χ2v) is 10.1. The van der Waals surface area contributed by atoms with Crippen LogP contribution >= 0.6 is 0 Å². The summed E-state index contributed by atoms with van der Waals surface area (Å²) < 4.78 is 7.19. The molecule has 1 saturated heterocycles. The van der Waals surface area contributed by atoms with Crippen LogP contribution in [0.2, 0.25) is 0 Å². The summed E-state index contributed by atoms with van der Waals surface area (Å²) in [5.41, 5.74) is 0.712. The lowest BCUT2D eigenvalue weighted by Crippen LogP contribution is -2.54. The lowest BCUT2D eigenvalue weighted by atomic mass is 9.86. The molecule has 2 aromatic rings. The molecule has 1 atom stereocenters. The van der Waals surface area contributed by atoms with Crippen LogP contribution in [0.25, 0.3) is 10.9 Å². The Balaban J connectivity index is 1.64. The Kier molecular flexibility index (Phi) is 9.64. The zero-order valence-electron chi connectivity index (χ0n) is 21.2. The van der Waals surface area contributed by atoms with Crippen molar-refractivity contribution in [3.05, 3.63) is 30.0 Å². The van der Waals surface area contributed by atoms with Gasteiger partial charge in [-0.25, -0.2) is 0 Å². The number of nitrogens with zero attached hydrogens (tertiary/aromatic N) is 4. The third-order valence-corrected chi connectivity index (χ3v) is 6.24. The largest absolute Gasteiger partial charge is 0.379 e. The fourth-order valence-corrected chi connectivity index (χ4v) is 4.25. The van der Waals surface area contributed by atoms with E-state index >= 15 is 0 Å². The van der Waals surface area contributed by atoms with Crippen molar-refractivity contribution < 1.29 is 14.3 Å². The fourth-order valence-electron chi connectivity index (χ4n) is 4.25. The number of aryl methyl sites for hydroxylation is 1. The van der Waals surface area contributed by atoms with Gasteiger partial charge in [0.1, 0.15) is 6.04 Å². The number of hydrogen-bond acceptors (Lipinski definition) is 6. The van der Waals surface area contributed by atoms with Crippen molar-refractivity contribution in [2.75, 3.05) is 39.4 Å². The quantitative estimate of drug-likeness (QED) is 0.476. The molecule has 0 saturated carbocycles. The van der Waals surface area contributed by atoms with Crippen LogP contribution in [0, 0.1) is 16.7 Å². The van der Waals surface area contributed by atoms with Crippen LogP contribution in [-0.2, 0) is 16.1 Å². The first-order chi connectivity index (χ1) is 16.8. The molecule has 2 N–H and O–H groups in total. The Labute approximate surface area is 207 Å². The minimum atomic E-state index is -0.696. The lowest BCUT2D eigenvalue weighted by Gasteiger charge is -2.30. The van der Waals surface area contributed by atoms with Crippen LogP contribution in [0.1, 0.15) is 56.9 Å². The molecular weight excluding hydrogens is 444 g/mol. The maximum Gasteiger partial charge on any atom is 0.273 e. The first-order valence-corrected chi connectivity index (χ1v) is 12.5. The van der Waals surface area contributed by atoms with Gasteiger partial charge in [-0.3, -0.25) is 19.2 Å². The summed E-state index contributed by atoms with van der Waals surface area (Å²) in [4.78, 5) is 28.7. The number of aromatic nitrogens is 2. The minimum Gasteiger partial charge on any atom is -0.379 e. The van der Waals surface area contributed by atoms with E-state index in [1.807, 2.05) is 49.7 Å². The number of para-hydroxylation sites is 1. The van der Waals surface area contributed by atoms with E-state index in [1.165, 1.54) is 0 Å². The molecule has 0 bridgehead atoms. The second-order valence-electron chi connectivity index (χ2n) is 10.1. The van der Waals surface area contributed by atoms with E-state index in [9.17, 15) is 9.59 Å². The third-order valence-electron chi connectivity index (χ3n) is 6.24. The van der Waals surface area contributed by atoms with Crippen molar-refractivity contribution in [3.8, 4) is 6.07 Å². The molecule has 2 heterocycles. The molecule has 1 unspecified atom stereocenters. The van der Waals surface area contributed by atoms with Gasteiger partial charge in [0.15, 0.2) is 5.69 Å². The van der Waals surface area contributed by atoms with E-state index in [0.717, 1.165) is 63.0 Å². The van der Waals surface area contributed by atoms with Crippen LogP contribution < -0.4 is 10.6 Å². The number of hydrogen-bond donors (Lipinski definition) is 2. The van der Waals surface area contributed by atoms with Gasteiger partial charge in [0.25, 0.3) is 5.91 Å². The number of fused-ring (bicyclic) bond motifs is 1. The van der Waals surface area contributed by atoms with Crippen LogP contribution in [0.4, 0.5) is 0 Å². The van der Waals surface area contributed by atoms with Crippen molar-refractivity contribution in [1.82, 2.24) is 25.3 Å². The van der Waals surface area contributed by atoms with Gasteiger partial charge in [-0.05, 0) is 37.3 Å². The van der Waals surface area contributed by atoms with Crippen LogP contribution in [0.15, 0.2) is 24.3 Å². The Morgan fingerprint density at radius 2 is 1.89 bits per heavy atom. The van der Waals surface area contributed by atoms with Gasteiger partial charge < -0.3 is 15.4 Å². The van der Waals surface area contributed by atoms with Gasteiger partial charge in [0.05, 0.1) is 24.8 Å². The highest BCUT2D eigenvalue weighted by molar-refractivity contribution is 6.06. The molecule has 0 spiro atoms. The molecule has 1 aromatic carbocycles. The van der Waals surface area contributed by atoms with Crippen molar-refractivity contribution in [1.29, 1.82) is 5.26 Å². The number of amides is 2. The smallest absolute Gasteiger partial charge is 0.273 e. The van der Waals surface area contributed by atoms with E-state index in [0.29, 0.717) is 25.2 Å². The zero-order chi connectivity index (χ0) is 25.3. The average Bonchev–Trinajstić information content (AvgIpc) is 3.21. The maximum atomic E-state index is 13.3. The molecule has 190 valence electrons. The summed E-state index contributed by atoms with van der Waals surface area (Å²) in [6.07, 6.45) is 2.93. The molecule has 2 amide bonds. The minimum absolute atomic E-state index is 0.187. The number of nitriles is 1. The predicted octanol–water partition coefficient (Wildman–Crippen LogP) is 2.71. The zero-order valence-corrected chi connectivity index (χ0v) is 21.2. The monoisotopic (exact) mass is 482 g/mol. The van der Waals surface area contributed by atoms with Gasteiger partial charge >= 0.3 is 0 Å². The number of unbranched alkanes of at least 4 members (excludes halogenated alkanes) is 2. The van der Waals surface area contributed by atoms with E-state index in [-0.39, 0.29) is 11.8 Å². The molecule has 1 aliphatic heterocycles. The summed E-state index contributed by atoms with van der Waals surface area (Å²) in [5, 5.41) is 20.1. The van der Waals surface area contributed by atoms with Crippen molar-refractivity contribution in [3.63, 3.8) is 0 Å². The number of nitrogens with one attached hydrogen (secondary N) is 2. The number of ether oxygens (including phenoxy) is 1. The Hall–Kier alpha value is -2.96. The molecule has 3 rings (SSSR count). The van der Waals surface area contributed by atoms with Gasteiger partial charge in [0.2, 0.25) is 5.91 Å². The highest BCUT2D eigenvalue weighted by Crippen LogP contribution is 2.23. The normalized spacial score (nSPS) is 15.5. The number of morpholine rings is 1. The van der Waals surface area contributed by atoms with Gasteiger partial charge in [0, 0.05) is 38.0 Å². The maximum absolute atomic E-state index is 13.3. The molecule has 1 aliphatic rings. The first kappa shape index (κ1) is 26.6. The molecule has 9 nitrogen and oxygen atoms in total.